The summed E-state index contributed by atoms with van der Waals surface area (Å²) in [7, 11) is 0. The van der Waals surface area contributed by atoms with Crippen LogP contribution in [-0.2, 0) is 0 Å². The van der Waals surface area contributed by atoms with Gasteiger partial charge in [0.1, 0.15) is 10.8 Å². The minimum absolute atomic E-state index is 0.268. The Morgan fingerprint density at radius 1 is 0.759 bits per heavy atom. The molecule has 0 radical (unpaired) electrons. The Kier molecular flexibility index (Phi) is 4.46. The highest BCUT2D eigenvalue weighted by atomic mass is 32.1. The molecule has 4 nitrogen and oxygen atoms in total. The standard InChI is InChI=1S/C23H15FN4S/c24-19-10-6-17(7-11-19)22-14-25-27-28(22)20-12-8-16(9-13-20)21-15-29-23(26-21)18-4-2-1-3-5-18/h1-15H. The molecule has 29 heavy (non-hydrogen) atoms. The molecular weight excluding hydrogens is 383 g/mol. The lowest BCUT2D eigenvalue weighted by Crippen LogP contribution is -1.99. The van der Waals surface area contributed by atoms with E-state index >= 15 is 0 Å². The van der Waals surface area contributed by atoms with Crippen LogP contribution in [0.1, 0.15) is 0 Å². The van der Waals surface area contributed by atoms with Crippen molar-refractivity contribution in [2.45, 2.75) is 0 Å². The van der Waals surface area contributed by atoms with E-state index in [0.29, 0.717) is 0 Å². The molecule has 0 atom stereocenters. The quantitative estimate of drug-likeness (QED) is 0.381. The molecule has 0 fully saturated rings. The summed E-state index contributed by atoms with van der Waals surface area (Å²) in [6, 6.07) is 24.5. The second-order valence-electron chi connectivity index (χ2n) is 6.49. The minimum atomic E-state index is -0.268. The topological polar surface area (TPSA) is 43.6 Å². The molecule has 0 aliphatic carbocycles. The third-order valence-corrected chi connectivity index (χ3v) is 5.51. The van der Waals surface area contributed by atoms with Crippen LogP contribution >= 0.6 is 11.3 Å². The largest absolute Gasteiger partial charge is 0.236 e. The molecule has 5 aromatic rings. The van der Waals surface area contributed by atoms with Gasteiger partial charge >= 0.3 is 0 Å². The summed E-state index contributed by atoms with van der Waals surface area (Å²) in [6.07, 6.45) is 1.67. The molecule has 0 spiro atoms. The summed E-state index contributed by atoms with van der Waals surface area (Å²) in [5.41, 5.74) is 5.63. The number of halogens is 1. The molecule has 2 heterocycles. The predicted molar refractivity (Wildman–Crippen MR) is 113 cm³/mol. The molecule has 2 aromatic heterocycles. The summed E-state index contributed by atoms with van der Waals surface area (Å²) in [4.78, 5) is 4.76. The van der Waals surface area contributed by atoms with Crippen LogP contribution in [0.25, 0.3) is 38.8 Å². The summed E-state index contributed by atoms with van der Waals surface area (Å²) in [6.45, 7) is 0. The van der Waals surface area contributed by atoms with Crippen LogP contribution in [0.2, 0.25) is 0 Å². The Balaban J connectivity index is 1.44. The molecule has 0 aliphatic heterocycles. The van der Waals surface area contributed by atoms with E-state index in [0.717, 1.165) is 38.8 Å². The molecule has 140 valence electrons. The van der Waals surface area contributed by atoms with Crippen LogP contribution in [0.5, 0.6) is 0 Å². The van der Waals surface area contributed by atoms with Crippen LogP contribution < -0.4 is 0 Å². The highest BCUT2D eigenvalue weighted by Gasteiger charge is 2.11. The van der Waals surface area contributed by atoms with Crippen LogP contribution in [-0.4, -0.2) is 20.0 Å². The smallest absolute Gasteiger partial charge is 0.124 e. The molecule has 3 aromatic carbocycles. The second-order valence-corrected chi connectivity index (χ2v) is 7.35. The van der Waals surface area contributed by atoms with Crippen LogP contribution in [0.3, 0.4) is 0 Å². The van der Waals surface area contributed by atoms with Crippen LogP contribution in [0.4, 0.5) is 4.39 Å². The summed E-state index contributed by atoms with van der Waals surface area (Å²) < 4.78 is 15.0. The van der Waals surface area contributed by atoms with Crippen molar-refractivity contribution in [3.8, 4) is 38.8 Å². The first kappa shape index (κ1) is 17.5. The van der Waals surface area contributed by atoms with Crippen LogP contribution in [0.15, 0.2) is 90.4 Å². The van der Waals surface area contributed by atoms with Gasteiger partial charge in [0.15, 0.2) is 0 Å². The molecule has 0 amide bonds. The van der Waals surface area contributed by atoms with E-state index in [4.69, 9.17) is 4.98 Å². The molecule has 0 saturated heterocycles. The van der Waals surface area contributed by atoms with E-state index < -0.39 is 0 Å². The van der Waals surface area contributed by atoms with Gasteiger partial charge in [-0.1, -0.05) is 47.7 Å². The molecule has 6 heteroatoms. The zero-order valence-corrected chi connectivity index (χ0v) is 16.1. The average molecular weight is 398 g/mol. The summed E-state index contributed by atoms with van der Waals surface area (Å²) in [5.74, 6) is -0.268. The Bertz CT molecular complexity index is 1240. The number of benzene rings is 3. The van der Waals surface area contributed by atoms with Crippen molar-refractivity contribution < 1.29 is 4.39 Å². The van der Waals surface area contributed by atoms with Gasteiger partial charge in [0.2, 0.25) is 0 Å². The van der Waals surface area contributed by atoms with E-state index in [1.807, 2.05) is 42.5 Å². The molecule has 0 N–H and O–H groups in total. The normalized spacial score (nSPS) is 10.9. The van der Waals surface area contributed by atoms with E-state index in [9.17, 15) is 4.39 Å². The second kappa shape index (κ2) is 7.41. The fourth-order valence-electron chi connectivity index (χ4n) is 3.14. The van der Waals surface area contributed by atoms with E-state index in [-0.39, 0.29) is 5.82 Å². The van der Waals surface area contributed by atoms with Gasteiger partial charge in [-0.2, -0.15) is 0 Å². The maximum atomic E-state index is 13.2. The highest BCUT2D eigenvalue weighted by molar-refractivity contribution is 7.13. The Hall–Kier alpha value is -3.64. The lowest BCUT2D eigenvalue weighted by molar-refractivity contribution is 0.628. The van der Waals surface area contributed by atoms with Gasteiger partial charge in [-0.15, -0.1) is 16.4 Å². The SMILES string of the molecule is Fc1ccc(-c2cnnn2-c2ccc(-c3csc(-c4ccccc4)n3)cc2)cc1. The fraction of sp³-hybridized carbons (Fsp3) is 0. The van der Waals surface area contributed by atoms with Crippen molar-refractivity contribution in [3.05, 3.63) is 96.3 Å². The first-order valence-electron chi connectivity index (χ1n) is 9.06. The van der Waals surface area contributed by atoms with Gasteiger partial charge in [0, 0.05) is 22.1 Å². The maximum Gasteiger partial charge on any atom is 0.124 e. The number of hydrogen-bond donors (Lipinski definition) is 0. The van der Waals surface area contributed by atoms with Crippen molar-refractivity contribution in [1.29, 1.82) is 0 Å². The number of nitrogens with zero attached hydrogens (tertiary/aromatic N) is 4. The zero-order chi connectivity index (χ0) is 19.6. The van der Waals surface area contributed by atoms with Gasteiger partial charge in [-0.05, 0) is 36.4 Å². The van der Waals surface area contributed by atoms with E-state index in [1.165, 1.54) is 12.1 Å². The van der Waals surface area contributed by atoms with Gasteiger partial charge in [-0.3, -0.25) is 0 Å². The van der Waals surface area contributed by atoms with Crippen molar-refractivity contribution in [1.82, 2.24) is 20.0 Å². The summed E-state index contributed by atoms with van der Waals surface area (Å²) >= 11 is 1.63. The number of thiazole rings is 1. The zero-order valence-electron chi connectivity index (χ0n) is 15.2. The molecular formula is C23H15FN4S. The van der Waals surface area contributed by atoms with Gasteiger partial charge in [0.05, 0.1) is 23.3 Å². The highest BCUT2D eigenvalue weighted by Crippen LogP contribution is 2.29. The molecule has 0 aliphatic rings. The summed E-state index contributed by atoms with van der Waals surface area (Å²) in [5, 5.41) is 11.3. The number of rotatable bonds is 4. The maximum absolute atomic E-state index is 13.2. The van der Waals surface area contributed by atoms with E-state index in [1.54, 1.807) is 34.3 Å². The Labute approximate surface area is 170 Å². The van der Waals surface area contributed by atoms with Crippen LogP contribution in [0, 0.1) is 5.82 Å². The predicted octanol–water partition coefficient (Wildman–Crippen LogP) is 5.86. The minimum Gasteiger partial charge on any atom is -0.236 e. The molecule has 0 unspecified atom stereocenters. The van der Waals surface area contributed by atoms with Crippen molar-refractivity contribution in [3.63, 3.8) is 0 Å². The van der Waals surface area contributed by atoms with Crippen molar-refractivity contribution >= 4 is 11.3 Å². The third kappa shape index (κ3) is 3.46. The van der Waals surface area contributed by atoms with E-state index in [2.05, 4.69) is 27.8 Å². The van der Waals surface area contributed by atoms with Gasteiger partial charge in [-0.25, -0.2) is 14.1 Å². The fourth-order valence-corrected chi connectivity index (χ4v) is 3.97. The number of hydrogen-bond acceptors (Lipinski definition) is 4. The first-order valence-corrected chi connectivity index (χ1v) is 9.94. The van der Waals surface area contributed by atoms with Gasteiger partial charge in [0.25, 0.3) is 0 Å². The lowest BCUT2D eigenvalue weighted by atomic mass is 10.1. The third-order valence-electron chi connectivity index (χ3n) is 4.62. The Morgan fingerprint density at radius 2 is 1.48 bits per heavy atom. The van der Waals surface area contributed by atoms with Crippen molar-refractivity contribution in [2.24, 2.45) is 0 Å². The van der Waals surface area contributed by atoms with Crippen molar-refractivity contribution in [2.75, 3.05) is 0 Å². The van der Waals surface area contributed by atoms with Gasteiger partial charge < -0.3 is 0 Å². The lowest BCUT2D eigenvalue weighted by Gasteiger charge is -2.07. The molecule has 5 rings (SSSR count). The monoisotopic (exact) mass is 398 g/mol. The molecule has 0 saturated carbocycles. The average Bonchev–Trinajstić information content (AvgIpc) is 3.45. The Morgan fingerprint density at radius 3 is 2.24 bits per heavy atom. The first-order chi connectivity index (χ1) is 14.3. The number of aromatic nitrogens is 4. The molecule has 0 bridgehead atoms.